The van der Waals surface area contributed by atoms with Crippen molar-refractivity contribution in [1.82, 2.24) is 4.37 Å². The van der Waals surface area contributed by atoms with E-state index in [1.165, 1.54) is 17.6 Å². The molecule has 1 N–H and O–H groups in total. The molecule has 43 valence electrons. The van der Waals surface area contributed by atoms with Crippen LogP contribution in [0.4, 0.5) is 0 Å². The fraction of sp³-hybridized carbons (Fsp3) is 0. The Morgan fingerprint density at radius 1 is 1.71 bits per heavy atom. The summed E-state index contributed by atoms with van der Waals surface area (Å²) in [5, 5.41) is 1.71. The van der Waals surface area contributed by atoms with Gasteiger partial charge in [0.1, 0.15) is 0 Å². The summed E-state index contributed by atoms with van der Waals surface area (Å²) in [5.74, 6) is 0. The summed E-state index contributed by atoms with van der Waals surface area (Å²) < 4.78 is 2.49. The minimum Gasteiger partial charge on any atom is -0.278 e. The van der Waals surface area contributed by atoms with E-state index in [0.29, 0.717) is 0 Å². The van der Waals surface area contributed by atoms with Crippen molar-refractivity contribution in [3.63, 3.8) is 0 Å². The summed E-state index contributed by atoms with van der Waals surface area (Å²) in [5.41, 5.74) is -0.0139. The zero-order valence-corrected chi connectivity index (χ0v) is 5.57. The van der Waals surface area contributed by atoms with Crippen molar-refractivity contribution in [2.75, 3.05) is 0 Å². The van der Waals surface area contributed by atoms with Crippen LogP contribution in [0.15, 0.2) is 16.2 Å². The standard InChI is InChI=1S/C3H3NOS.Ag/c5-3-1-2-6-4-3;/h1-2H,(H,4,5);. The number of nitrogens with one attached hydrogen (secondary N) is 1. The molecule has 2 nitrogen and oxygen atoms in total. The molecule has 7 heavy (non-hydrogen) atoms. The van der Waals surface area contributed by atoms with Crippen LogP contribution < -0.4 is 5.56 Å². The Balaban J connectivity index is 0.000000360. The molecular weight excluding hydrogens is 206 g/mol. The van der Waals surface area contributed by atoms with E-state index in [1.54, 1.807) is 5.38 Å². The summed E-state index contributed by atoms with van der Waals surface area (Å²) in [4.78, 5) is 10.0. The van der Waals surface area contributed by atoms with Gasteiger partial charge in [-0.05, 0) is 0 Å². The Kier molecular flexibility index (Phi) is 3.29. The van der Waals surface area contributed by atoms with E-state index >= 15 is 0 Å². The molecule has 1 aromatic heterocycles. The first kappa shape index (κ1) is 7.17. The Bertz CT molecular complexity index is 153. The first-order chi connectivity index (χ1) is 2.89. The predicted octanol–water partition coefficient (Wildman–Crippen LogP) is 0.434. The van der Waals surface area contributed by atoms with Gasteiger partial charge >= 0.3 is 0 Å². The molecule has 0 saturated carbocycles. The van der Waals surface area contributed by atoms with Crippen LogP contribution in [0.5, 0.6) is 0 Å². The van der Waals surface area contributed by atoms with Crippen LogP contribution in [0.3, 0.4) is 0 Å². The Labute approximate surface area is 60.2 Å². The normalized spacial score (nSPS) is 7.43. The number of hydrogen-bond donors (Lipinski definition) is 1. The van der Waals surface area contributed by atoms with E-state index < -0.39 is 0 Å². The third kappa shape index (κ3) is 2.09. The van der Waals surface area contributed by atoms with E-state index in [0.717, 1.165) is 0 Å². The fourth-order valence-electron chi connectivity index (χ4n) is 0.222. The smallest absolute Gasteiger partial charge is 0.257 e. The summed E-state index contributed by atoms with van der Waals surface area (Å²) in [6.07, 6.45) is 0. The minimum atomic E-state index is -0.0139. The maximum atomic E-state index is 10.0. The van der Waals surface area contributed by atoms with Crippen LogP contribution in [0, 0.1) is 0 Å². The number of hydrogen-bond acceptors (Lipinski definition) is 2. The van der Waals surface area contributed by atoms with Crippen LogP contribution in [0.25, 0.3) is 0 Å². The molecule has 0 bridgehead atoms. The number of aromatic nitrogens is 1. The van der Waals surface area contributed by atoms with Gasteiger partial charge in [-0.1, -0.05) is 11.5 Å². The van der Waals surface area contributed by atoms with E-state index in [2.05, 4.69) is 4.37 Å². The molecule has 0 saturated heterocycles. The van der Waals surface area contributed by atoms with Gasteiger partial charge in [-0.25, -0.2) is 0 Å². The molecule has 0 aliphatic carbocycles. The van der Waals surface area contributed by atoms with Gasteiger partial charge in [-0.2, -0.15) is 0 Å². The zero-order valence-electron chi connectivity index (χ0n) is 3.27. The largest absolute Gasteiger partial charge is 0.278 e. The number of H-pyrrole nitrogens is 1. The molecule has 0 aromatic carbocycles. The first-order valence-electron chi connectivity index (χ1n) is 1.52. The van der Waals surface area contributed by atoms with Crippen molar-refractivity contribution in [2.24, 2.45) is 0 Å². The molecule has 1 rings (SSSR count). The molecule has 0 fully saturated rings. The second-order valence-corrected chi connectivity index (χ2v) is 1.60. The van der Waals surface area contributed by atoms with Crippen molar-refractivity contribution >= 4 is 11.5 Å². The predicted molar refractivity (Wildman–Crippen MR) is 24.9 cm³/mol. The summed E-state index contributed by atoms with van der Waals surface area (Å²) in [6.45, 7) is 0. The molecule has 0 amide bonds. The molecule has 0 aliphatic heterocycles. The van der Waals surface area contributed by atoms with Crippen LogP contribution in [0.1, 0.15) is 0 Å². The van der Waals surface area contributed by atoms with Gasteiger partial charge in [0, 0.05) is 33.8 Å². The van der Waals surface area contributed by atoms with Crippen molar-refractivity contribution in [3.8, 4) is 0 Å². The molecule has 0 aliphatic rings. The molecule has 0 unspecified atom stereocenters. The molecule has 4 heteroatoms. The van der Waals surface area contributed by atoms with Gasteiger partial charge in [0.2, 0.25) is 0 Å². The molecule has 0 spiro atoms. The van der Waals surface area contributed by atoms with Gasteiger partial charge in [-0.15, -0.1) is 0 Å². The quantitative estimate of drug-likeness (QED) is 0.617. The molecule has 1 heterocycles. The van der Waals surface area contributed by atoms with Gasteiger partial charge in [0.25, 0.3) is 5.56 Å². The van der Waals surface area contributed by atoms with Gasteiger partial charge in [0.15, 0.2) is 0 Å². The van der Waals surface area contributed by atoms with Gasteiger partial charge in [-0.3, -0.25) is 9.17 Å². The van der Waals surface area contributed by atoms with Crippen molar-refractivity contribution in [3.05, 3.63) is 21.8 Å². The van der Waals surface area contributed by atoms with Gasteiger partial charge < -0.3 is 0 Å². The molecule has 1 aromatic rings. The van der Waals surface area contributed by atoms with E-state index in [9.17, 15) is 4.79 Å². The van der Waals surface area contributed by atoms with Crippen LogP contribution in [-0.4, -0.2) is 4.37 Å². The van der Waals surface area contributed by atoms with E-state index in [1.807, 2.05) is 0 Å². The van der Waals surface area contributed by atoms with Crippen LogP contribution >= 0.6 is 11.5 Å². The van der Waals surface area contributed by atoms with E-state index in [-0.39, 0.29) is 27.9 Å². The monoisotopic (exact) mass is 208 g/mol. The fourth-order valence-corrected chi connectivity index (χ4v) is 0.666. The molecule has 1 radical (unpaired) electrons. The second kappa shape index (κ2) is 3.21. The number of aromatic amines is 1. The first-order valence-corrected chi connectivity index (χ1v) is 2.40. The average Bonchev–Trinajstić information content (AvgIpc) is 1.86. The zero-order chi connectivity index (χ0) is 4.41. The van der Waals surface area contributed by atoms with Crippen LogP contribution in [-0.2, 0) is 22.4 Å². The summed E-state index contributed by atoms with van der Waals surface area (Å²) >= 11 is 1.30. The maximum Gasteiger partial charge on any atom is 0.257 e. The van der Waals surface area contributed by atoms with Crippen molar-refractivity contribution in [2.45, 2.75) is 0 Å². The second-order valence-electron chi connectivity index (χ2n) is 0.887. The maximum absolute atomic E-state index is 10.0. The Hall–Kier alpha value is 0.170. The number of rotatable bonds is 0. The Morgan fingerprint density at radius 3 is 2.57 bits per heavy atom. The van der Waals surface area contributed by atoms with Crippen LogP contribution in [0.2, 0.25) is 0 Å². The topological polar surface area (TPSA) is 32.9 Å². The minimum absolute atomic E-state index is 0. The average molecular weight is 209 g/mol. The van der Waals surface area contributed by atoms with E-state index in [4.69, 9.17) is 0 Å². The van der Waals surface area contributed by atoms with Crippen molar-refractivity contribution in [1.29, 1.82) is 0 Å². The SMILES string of the molecule is O=c1ccs[nH]1.[Ag]. The van der Waals surface area contributed by atoms with Gasteiger partial charge in [0.05, 0.1) is 0 Å². The third-order valence-electron chi connectivity index (χ3n) is 0.447. The summed E-state index contributed by atoms with van der Waals surface area (Å²) in [6, 6.07) is 1.49. The van der Waals surface area contributed by atoms with Crippen molar-refractivity contribution < 1.29 is 22.4 Å². The molecule has 0 atom stereocenters. The molecular formula is C3H3AgNOS. The summed E-state index contributed by atoms with van der Waals surface area (Å²) in [7, 11) is 0. The Morgan fingerprint density at radius 2 is 2.43 bits per heavy atom. The third-order valence-corrected chi connectivity index (χ3v) is 1.04.